The van der Waals surface area contributed by atoms with Gasteiger partial charge < -0.3 is 20.9 Å². The van der Waals surface area contributed by atoms with Gasteiger partial charge in [0, 0.05) is 23.4 Å². The van der Waals surface area contributed by atoms with Crippen molar-refractivity contribution in [3.63, 3.8) is 0 Å². The van der Waals surface area contributed by atoms with Gasteiger partial charge in [-0.05, 0) is 42.8 Å². The molecular formula is C16H18N2O3. The van der Waals surface area contributed by atoms with Crippen molar-refractivity contribution >= 4 is 11.6 Å². The fourth-order valence-electron chi connectivity index (χ4n) is 2.11. The van der Waals surface area contributed by atoms with Crippen LogP contribution in [0.2, 0.25) is 0 Å². The number of hydrogen-bond donors (Lipinski definition) is 3. The van der Waals surface area contributed by atoms with Gasteiger partial charge >= 0.3 is 0 Å². The second-order valence-corrected chi connectivity index (χ2v) is 4.69. The summed E-state index contributed by atoms with van der Waals surface area (Å²) in [6.07, 6.45) is 0. The summed E-state index contributed by atoms with van der Waals surface area (Å²) in [6, 6.07) is 10.3. The van der Waals surface area contributed by atoms with Crippen molar-refractivity contribution in [3.05, 3.63) is 53.1 Å². The molecule has 0 aromatic heterocycles. The lowest BCUT2D eigenvalue weighted by Crippen LogP contribution is -2.14. The Balaban J connectivity index is 2.21. The van der Waals surface area contributed by atoms with Crippen LogP contribution in [0.3, 0.4) is 0 Å². The second kappa shape index (κ2) is 6.17. The van der Waals surface area contributed by atoms with Crippen LogP contribution in [0.1, 0.15) is 21.5 Å². The molecule has 0 saturated carbocycles. The van der Waals surface area contributed by atoms with E-state index >= 15 is 0 Å². The van der Waals surface area contributed by atoms with E-state index in [1.165, 1.54) is 0 Å². The van der Waals surface area contributed by atoms with Gasteiger partial charge in [-0.2, -0.15) is 0 Å². The highest BCUT2D eigenvalue weighted by Crippen LogP contribution is 2.25. The quantitative estimate of drug-likeness (QED) is 0.788. The van der Waals surface area contributed by atoms with Crippen molar-refractivity contribution in [2.75, 3.05) is 12.4 Å². The zero-order valence-corrected chi connectivity index (χ0v) is 12.0. The van der Waals surface area contributed by atoms with Crippen LogP contribution in [0.25, 0.3) is 0 Å². The van der Waals surface area contributed by atoms with Gasteiger partial charge in [0.15, 0.2) is 0 Å². The highest BCUT2D eigenvalue weighted by Gasteiger charge is 2.09. The average Bonchev–Trinajstić information content (AvgIpc) is 2.47. The predicted octanol–water partition coefficient (Wildman–Crippen LogP) is 2.42. The first kappa shape index (κ1) is 14.7. The van der Waals surface area contributed by atoms with Gasteiger partial charge in [0.05, 0.1) is 7.11 Å². The molecule has 5 heteroatoms. The van der Waals surface area contributed by atoms with Crippen molar-refractivity contribution in [1.82, 2.24) is 0 Å². The molecule has 2 aromatic carbocycles. The van der Waals surface area contributed by atoms with Gasteiger partial charge in [0.1, 0.15) is 11.5 Å². The van der Waals surface area contributed by atoms with Crippen LogP contribution in [0.4, 0.5) is 5.69 Å². The van der Waals surface area contributed by atoms with E-state index in [0.717, 1.165) is 11.3 Å². The first-order chi connectivity index (χ1) is 10.0. The maximum absolute atomic E-state index is 11.3. The molecule has 110 valence electrons. The van der Waals surface area contributed by atoms with Gasteiger partial charge in [-0.15, -0.1) is 0 Å². The number of phenols is 1. The van der Waals surface area contributed by atoms with Crippen molar-refractivity contribution in [2.24, 2.45) is 5.73 Å². The minimum atomic E-state index is -0.458. The number of anilines is 1. The Morgan fingerprint density at radius 3 is 2.76 bits per heavy atom. The molecule has 0 radical (unpaired) electrons. The van der Waals surface area contributed by atoms with Crippen molar-refractivity contribution in [3.8, 4) is 11.5 Å². The number of phenolic OH excluding ortho intramolecular Hbond substituents is 1. The Morgan fingerprint density at radius 1 is 1.33 bits per heavy atom. The lowest BCUT2D eigenvalue weighted by atomic mass is 10.1. The number of aromatic hydroxyl groups is 1. The van der Waals surface area contributed by atoms with E-state index in [-0.39, 0.29) is 5.75 Å². The maximum Gasteiger partial charge on any atom is 0.249 e. The molecule has 0 bridgehead atoms. The number of carbonyl (C=O) groups excluding carboxylic acids is 1. The summed E-state index contributed by atoms with van der Waals surface area (Å²) in [5.74, 6) is 0.402. The molecule has 0 aliphatic rings. The van der Waals surface area contributed by atoms with Crippen LogP contribution in [-0.2, 0) is 6.54 Å². The molecule has 0 aliphatic carbocycles. The lowest BCUT2D eigenvalue weighted by molar-refractivity contribution is 0.1000. The van der Waals surface area contributed by atoms with E-state index in [1.54, 1.807) is 37.4 Å². The van der Waals surface area contributed by atoms with Crippen LogP contribution in [0.5, 0.6) is 11.5 Å². The summed E-state index contributed by atoms with van der Waals surface area (Å²) in [7, 11) is 1.57. The van der Waals surface area contributed by atoms with Crippen LogP contribution in [0.15, 0.2) is 36.4 Å². The molecule has 0 aliphatic heterocycles. The first-order valence-electron chi connectivity index (χ1n) is 6.52. The normalized spacial score (nSPS) is 10.2. The average molecular weight is 286 g/mol. The standard InChI is InChI=1S/C16H18N2O3/c1-10-13(16(17)20)4-3-5-14(10)18-9-11-8-12(21-2)6-7-15(11)19/h3-8,18-19H,9H2,1-2H3,(H2,17,20). The Hall–Kier alpha value is -2.69. The topological polar surface area (TPSA) is 84.6 Å². The van der Waals surface area contributed by atoms with Crippen LogP contribution in [0, 0.1) is 6.92 Å². The largest absolute Gasteiger partial charge is 0.508 e. The van der Waals surface area contributed by atoms with E-state index in [9.17, 15) is 9.90 Å². The summed E-state index contributed by atoms with van der Waals surface area (Å²) < 4.78 is 5.14. The molecule has 0 heterocycles. The Morgan fingerprint density at radius 2 is 2.10 bits per heavy atom. The van der Waals surface area contributed by atoms with E-state index in [2.05, 4.69) is 5.32 Å². The van der Waals surface area contributed by atoms with E-state index in [0.29, 0.717) is 23.4 Å². The molecule has 0 spiro atoms. The highest BCUT2D eigenvalue weighted by molar-refractivity contribution is 5.95. The third kappa shape index (κ3) is 3.25. The first-order valence-corrected chi connectivity index (χ1v) is 6.52. The van der Waals surface area contributed by atoms with Gasteiger partial charge in [-0.25, -0.2) is 0 Å². The van der Waals surface area contributed by atoms with E-state index in [1.807, 2.05) is 13.0 Å². The lowest BCUT2D eigenvalue weighted by Gasteiger charge is -2.13. The summed E-state index contributed by atoms with van der Waals surface area (Å²) in [5, 5.41) is 13.0. The molecular weight excluding hydrogens is 268 g/mol. The maximum atomic E-state index is 11.3. The van der Waals surface area contributed by atoms with Gasteiger partial charge in [0.25, 0.3) is 0 Å². The van der Waals surface area contributed by atoms with Crippen molar-refractivity contribution in [2.45, 2.75) is 13.5 Å². The third-order valence-corrected chi connectivity index (χ3v) is 3.36. The Kier molecular flexibility index (Phi) is 4.33. The fraction of sp³-hybridized carbons (Fsp3) is 0.188. The molecule has 0 unspecified atom stereocenters. The van der Waals surface area contributed by atoms with E-state index < -0.39 is 5.91 Å². The second-order valence-electron chi connectivity index (χ2n) is 4.69. The number of primary amides is 1. The van der Waals surface area contributed by atoms with Crippen LogP contribution >= 0.6 is 0 Å². The number of carbonyl (C=O) groups is 1. The number of benzene rings is 2. The molecule has 21 heavy (non-hydrogen) atoms. The van der Waals surface area contributed by atoms with Gasteiger partial charge in [-0.1, -0.05) is 6.07 Å². The molecule has 0 saturated heterocycles. The number of nitrogens with two attached hydrogens (primary N) is 1. The number of nitrogens with one attached hydrogen (secondary N) is 1. The van der Waals surface area contributed by atoms with Crippen LogP contribution < -0.4 is 15.8 Å². The monoisotopic (exact) mass is 286 g/mol. The minimum absolute atomic E-state index is 0.187. The Labute approximate surface area is 123 Å². The predicted molar refractivity (Wildman–Crippen MR) is 81.7 cm³/mol. The molecule has 1 amide bonds. The Bertz CT molecular complexity index is 669. The summed E-state index contributed by atoms with van der Waals surface area (Å²) in [4.78, 5) is 11.3. The summed E-state index contributed by atoms with van der Waals surface area (Å²) >= 11 is 0. The zero-order valence-electron chi connectivity index (χ0n) is 12.0. The van der Waals surface area contributed by atoms with Crippen molar-refractivity contribution < 1.29 is 14.6 Å². The molecule has 4 N–H and O–H groups in total. The zero-order chi connectivity index (χ0) is 15.4. The number of amides is 1. The summed E-state index contributed by atoms with van der Waals surface area (Å²) in [6.45, 7) is 2.24. The van der Waals surface area contributed by atoms with Gasteiger partial charge in [0.2, 0.25) is 5.91 Å². The number of methoxy groups -OCH3 is 1. The SMILES string of the molecule is COc1ccc(O)c(CNc2cccc(C(N)=O)c2C)c1. The number of rotatable bonds is 5. The van der Waals surface area contributed by atoms with E-state index in [4.69, 9.17) is 10.5 Å². The van der Waals surface area contributed by atoms with Crippen molar-refractivity contribution in [1.29, 1.82) is 0 Å². The molecule has 0 fully saturated rings. The van der Waals surface area contributed by atoms with Crippen LogP contribution in [-0.4, -0.2) is 18.1 Å². The third-order valence-electron chi connectivity index (χ3n) is 3.36. The highest BCUT2D eigenvalue weighted by atomic mass is 16.5. The summed E-state index contributed by atoms with van der Waals surface area (Å²) in [5.41, 5.74) is 8.10. The fourth-order valence-corrected chi connectivity index (χ4v) is 2.11. The molecule has 2 rings (SSSR count). The number of ether oxygens (including phenoxy) is 1. The minimum Gasteiger partial charge on any atom is -0.508 e. The molecule has 2 aromatic rings. The molecule has 0 atom stereocenters. The smallest absolute Gasteiger partial charge is 0.249 e. The van der Waals surface area contributed by atoms with Gasteiger partial charge in [-0.3, -0.25) is 4.79 Å². The molecule has 5 nitrogen and oxygen atoms in total. The number of hydrogen-bond acceptors (Lipinski definition) is 4.